The number of carboxylic acids is 1. The van der Waals surface area contributed by atoms with Gasteiger partial charge in [-0.3, -0.25) is 0 Å². The molecule has 1 aromatic carbocycles. The van der Waals surface area contributed by atoms with Crippen LogP contribution in [0.5, 0.6) is 0 Å². The van der Waals surface area contributed by atoms with Crippen molar-refractivity contribution >= 4 is 27.8 Å². The van der Waals surface area contributed by atoms with Crippen LogP contribution in [-0.4, -0.2) is 37.5 Å². The highest BCUT2D eigenvalue weighted by Gasteiger charge is 2.21. The molecule has 0 saturated heterocycles. The van der Waals surface area contributed by atoms with Crippen LogP contribution >= 0.6 is 11.8 Å². The first kappa shape index (κ1) is 15.9. The smallest absolute Gasteiger partial charge is 0.335 e. The lowest BCUT2D eigenvalue weighted by Crippen LogP contribution is -2.30. The van der Waals surface area contributed by atoms with E-state index in [1.54, 1.807) is 0 Å². The predicted octanol–water partition coefficient (Wildman–Crippen LogP) is 1.55. The number of sulfonamides is 1. The van der Waals surface area contributed by atoms with Crippen molar-refractivity contribution in [2.45, 2.75) is 17.1 Å². The molecule has 8 heteroatoms. The van der Waals surface area contributed by atoms with Gasteiger partial charge >= 0.3 is 5.97 Å². The minimum atomic E-state index is -4.05. The first-order valence-corrected chi connectivity index (χ1v) is 8.10. The van der Waals surface area contributed by atoms with Crippen molar-refractivity contribution in [3.05, 3.63) is 29.6 Å². The van der Waals surface area contributed by atoms with Crippen LogP contribution in [0.2, 0.25) is 0 Å². The molecule has 0 aromatic heterocycles. The number of thioether (sulfide) groups is 1. The van der Waals surface area contributed by atoms with Crippen molar-refractivity contribution in [2.24, 2.45) is 0 Å². The lowest BCUT2D eigenvalue weighted by molar-refractivity contribution is 0.0696. The molecule has 0 amide bonds. The molecule has 106 valence electrons. The highest BCUT2D eigenvalue weighted by Crippen LogP contribution is 2.17. The summed E-state index contributed by atoms with van der Waals surface area (Å²) in [6, 6.07) is 2.65. The van der Waals surface area contributed by atoms with E-state index in [1.807, 2.05) is 13.2 Å². The van der Waals surface area contributed by atoms with E-state index in [0.29, 0.717) is 0 Å². The molecule has 0 spiro atoms. The maximum Gasteiger partial charge on any atom is 0.335 e. The van der Waals surface area contributed by atoms with Gasteiger partial charge in [-0.2, -0.15) is 11.8 Å². The molecule has 19 heavy (non-hydrogen) atoms. The molecule has 0 fully saturated rings. The highest BCUT2D eigenvalue weighted by atomic mass is 32.2. The third-order valence-corrected chi connectivity index (χ3v) is 4.84. The van der Waals surface area contributed by atoms with Gasteiger partial charge in [0.25, 0.3) is 0 Å². The van der Waals surface area contributed by atoms with Gasteiger partial charge in [0.1, 0.15) is 10.7 Å². The molecule has 0 heterocycles. The Hall–Kier alpha value is -1.12. The van der Waals surface area contributed by atoms with Gasteiger partial charge < -0.3 is 5.11 Å². The monoisotopic (exact) mass is 307 g/mol. The van der Waals surface area contributed by atoms with E-state index >= 15 is 0 Å². The normalized spacial score (nSPS) is 13.2. The summed E-state index contributed by atoms with van der Waals surface area (Å²) in [6.07, 6.45) is 1.82. The summed E-state index contributed by atoms with van der Waals surface area (Å²) in [7, 11) is -4.05. The fourth-order valence-corrected chi connectivity index (χ4v) is 2.82. The Morgan fingerprint density at radius 1 is 1.53 bits per heavy atom. The Morgan fingerprint density at radius 2 is 2.16 bits per heavy atom. The molecule has 0 aliphatic carbocycles. The summed E-state index contributed by atoms with van der Waals surface area (Å²) in [6.45, 7) is 1.96. The van der Waals surface area contributed by atoms with Crippen LogP contribution in [0.1, 0.15) is 17.3 Å². The number of carbonyl (C=O) groups is 1. The maximum atomic E-state index is 13.5. The Labute approximate surface area is 115 Å². The quantitative estimate of drug-likeness (QED) is 0.833. The van der Waals surface area contributed by atoms with Gasteiger partial charge in [0.15, 0.2) is 0 Å². The van der Waals surface area contributed by atoms with Crippen molar-refractivity contribution in [2.75, 3.05) is 12.8 Å². The van der Waals surface area contributed by atoms with E-state index in [1.165, 1.54) is 11.8 Å². The second-order valence-electron chi connectivity index (χ2n) is 3.85. The number of carboxylic acid groups (broad SMARTS) is 1. The van der Waals surface area contributed by atoms with Gasteiger partial charge in [0.2, 0.25) is 10.0 Å². The van der Waals surface area contributed by atoms with Gasteiger partial charge in [0, 0.05) is 11.8 Å². The van der Waals surface area contributed by atoms with Crippen molar-refractivity contribution in [3.63, 3.8) is 0 Å². The average molecular weight is 307 g/mol. The van der Waals surface area contributed by atoms with E-state index in [0.717, 1.165) is 18.2 Å². The first-order chi connectivity index (χ1) is 8.77. The number of hydrogen-bond acceptors (Lipinski definition) is 4. The summed E-state index contributed by atoms with van der Waals surface area (Å²) in [5, 5.41) is 8.81. The molecule has 1 atom stereocenters. The molecule has 0 saturated carbocycles. The van der Waals surface area contributed by atoms with Crippen LogP contribution in [0.3, 0.4) is 0 Å². The third-order valence-electron chi connectivity index (χ3n) is 2.43. The molecule has 0 aliphatic heterocycles. The second kappa shape index (κ2) is 6.36. The van der Waals surface area contributed by atoms with Crippen molar-refractivity contribution < 1.29 is 22.7 Å². The zero-order valence-electron chi connectivity index (χ0n) is 10.4. The second-order valence-corrected chi connectivity index (χ2v) is 6.86. The van der Waals surface area contributed by atoms with Gasteiger partial charge in [-0.05, 0) is 24.5 Å². The molecule has 0 bridgehead atoms. The van der Waals surface area contributed by atoms with Crippen LogP contribution < -0.4 is 4.72 Å². The summed E-state index contributed by atoms with van der Waals surface area (Å²) in [5.74, 6) is -2.29. The fraction of sp³-hybridized carbons (Fsp3) is 0.364. The van der Waals surface area contributed by atoms with Crippen LogP contribution in [0, 0.1) is 5.82 Å². The number of hydrogen-bond donors (Lipinski definition) is 2. The molecule has 0 radical (unpaired) electrons. The molecule has 1 rings (SSSR count). The zero-order valence-corrected chi connectivity index (χ0v) is 12.0. The number of rotatable bonds is 6. The Kier molecular flexibility index (Phi) is 5.33. The molecule has 1 unspecified atom stereocenters. The van der Waals surface area contributed by atoms with Crippen LogP contribution in [0.25, 0.3) is 0 Å². The minimum absolute atomic E-state index is 0.0282. The summed E-state index contributed by atoms with van der Waals surface area (Å²) >= 11 is 1.46. The van der Waals surface area contributed by atoms with Crippen molar-refractivity contribution in [3.8, 4) is 0 Å². The average Bonchev–Trinajstić information content (AvgIpc) is 2.36. The lowest BCUT2D eigenvalue weighted by Gasteiger charge is -2.11. The molecule has 1 aromatic rings. The highest BCUT2D eigenvalue weighted by molar-refractivity contribution is 7.99. The van der Waals surface area contributed by atoms with Gasteiger partial charge in [-0.15, -0.1) is 0 Å². The Bertz CT molecular complexity index is 574. The van der Waals surface area contributed by atoms with Crippen LogP contribution in [-0.2, 0) is 10.0 Å². The number of aromatic carboxylic acids is 1. The standard InChI is InChI=1S/C11H14FNO4S2/c1-7(18-2)6-13-19(16,17)10-5-8(11(14)15)3-4-9(10)12/h3-5,7,13H,6H2,1-2H3,(H,14,15). The minimum Gasteiger partial charge on any atom is -0.478 e. The summed E-state index contributed by atoms with van der Waals surface area (Å²) in [4.78, 5) is 10.1. The van der Waals surface area contributed by atoms with Gasteiger partial charge in [0.05, 0.1) is 5.56 Å². The third kappa shape index (κ3) is 4.19. The maximum absolute atomic E-state index is 13.5. The van der Waals surface area contributed by atoms with Crippen molar-refractivity contribution in [1.29, 1.82) is 0 Å². The summed E-state index contributed by atoms with van der Waals surface area (Å²) < 4.78 is 39.6. The van der Waals surface area contributed by atoms with Crippen LogP contribution in [0.4, 0.5) is 4.39 Å². The van der Waals surface area contributed by atoms with E-state index < -0.39 is 26.7 Å². The Morgan fingerprint density at radius 3 is 2.68 bits per heavy atom. The number of nitrogens with one attached hydrogen (secondary N) is 1. The van der Waals surface area contributed by atoms with E-state index in [4.69, 9.17) is 5.11 Å². The largest absolute Gasteiger partial charge is 0.478 e. The zero-order chi connectivity index (χ0) is 14.6. The van der Waals surface area contributed by atoms with E-state index in [2.05, 4.69) is 4.72 Å². The van der Waals surface area contributed by atoms with Gasteiger partial charge in [-0.25, -0.2) is 22.3 Å². The first-order valence-electron chi connectivity index (χ1n) is 5.33. The van der Waals surface area contributed by atoms with E-state index in [9.17, 15) is 17.6 Å². The molecule has 0 aliphatic rings. The molecule has 2 N–H and O–H groups in total. The van der Waals surface area contributed by atoms with Crippen molar-refractivity contribution in [1.82, 2.24) is 4.72 Å². The molecule has 5 nitrogen and oxygen atoms in total. The predicted molar refractivity (Wildman–Crippen MR) is 71.5 cm³/mol. The topological polar surface area (TPSA) is 83.5 Å². The Balaban J connectivity index is 3.06. The SMILES string of the molecule is CSC(C)CNS(=O)(=O)c1cc(C(=O)O)ccc1F. The summed E-state index contributed by atoms with van der Waals surface area (Å²) in [5.41, 5.74) is -0.278. The van der Waals surface area contributed by atoms with E-state index in [-0.39, 0.29) is 17.4 Å². The molecular weight excluding hydrogens is 293 g/mol. The number of benzene rings is 1. The molecular formula is C11H14FNO4S2. The number of halogens is 1. The van der Waals surface area contributed by atoms with Gasteiger partial charge in [-0.1, -0.05) is 6.92 Å². The fourth-order valence-electron chi connectivity index (χ4n) is 1.23. The van der Waals surface area contributed by atoms with Crippen LogP contribution in [0.15, 0.2) is 23.1 Å². The lowest BCUT2D eigenvalue weighted by atomic mass is 10.2.